The zero-order valence-electron chi connectivity index (χ0n) is 16.5. The van der Waals surface area contributed by atoms with Gasteiger partial charge in [-0.2, -0.15) is 0 Å². The molecule has 8 nitrogen and oxygen atoms in total. The molecule has 0 radical (unpaired) electrons. The van der Waals surface area contributed by atoms with Gasteiger partial charge in [0.05, 0.1) is 10.5 Å². The van der Waals surface area contributed by atoms with E-state index in [1.165, 1.54) is 48.4 Å². The van der Waals surface area contributed by atoms with Crippen molar-refractivity contribution in [3.63, 3.8) is 0 Å². The molecule has 10 heteroatoms. The second-order valence-corrected chi connectivity index (χ2v) is 9.17. The van der Waals surface area contributed by atoms with Crippen LogP contribution in [0.3, 0.4) is 0 Å². The molecule has 160 valence electrons. The SMILES string of the molecule is O=C(Nc1ccc(S(=O)(=O)Nc2ncccn2)cc1)c1cccnc1Sc1ccccc1. The summed E-state index contributed by atoms with van der Waals surface area (Å²) in [5.74, 6) is -0.368. The number of anilines is 2. The van der Waals surface area contributed by atoms with Gasteiger partial charge in [0.2, 0.25) is 5.95 Å². The lowest BCUT2D eigenvalue weighted by molar-refractivity contribution is 0.102. The Morgan fingerprint density at radius 2 is 1.47 bits per heavy atom. The lowest BCUT2D eigenvalue weighted by atomic mass is 10.2. The zero-order valence-corrected chi connectivity index (χ0v) is 18.2. The average molecular weight is 464 g/mol. The van der Waals surface area contributed by atoms with Gasteiger partial charge >= 0.3 is 0 Å². The molecule has 0 bridgehead atoms. The van der Waals surface area contributed by atoms with E-state index in [0.29, 0.717) is 16.3 Å². The first-order valence-electron chi connectivity index (χ1n) is 9.40. The maximum absolute atomic E-state index is 12.8. The number of hydrogen-bond acceptors (Lipinski definition) is 7. The molecular formula is C22H17N5O3S2. The number of nitrogens with zero attached hydrogens (tertiary/aromatic N) is 3. The molecule has 2 aromatic heterocycles. The number of carbonyl (C=O) groups excluding carboxylic acids is 1. The minimum Gasteiger partial charge on any atom is -0.322 e. The maximum Gasteiger partial charge on any atom is 0.264 e. The lowest BCUT2D eigenvalue weighted by Crippen LogP contribution is -2.16. The van der Waals surface area contributed by atoms with Gasteiger partial charge in [-0.1, -0.05) is 30.0 Å². The number of hydrogen-bond donors (Lipinski definition) is 2. The van der Waals surface area contributed by atoms with E-state index in [0.717, 1.165) is 4.90 Å². The normalized spacial score (nSPS) is 11.0. The van der Waals surface area contributed by atoms with Crippen LogP contribution in [0.2, 0.25) is 0 Å². The van der Waals surface area contributed by atoms with Crippen molar-refractivity contribution in [1.29, 1.82) is 0 Å². The highest BCUT2D eigenvalue weighted by Gasteiger charge is 2.17. The zero-order chi connectivity index (χ0) is 22.4. The van der Waals surface area contributed by atoms with Gasteiger partial charge in [-0.05, 0) is 54.6 Å². The molecule has 0 aliphatic carbocycles. The summed E-state index contributed by atoms with van der Waals surface area (Å²) in [4.78, 5) is 25.8. The summed E-state index contributed by atoms with van der Waals surface area (Å²) in [5, 5.41) is 3.35. The highest BCUT2D eigenvalue weighted by atomic mass is 32.2. The van der Waals surface area contributed by atoms with Crippen LogP contribution < -0.4 is 10.0 Å². The minimum atomic E-state index is -3.85. The van der Waals surface area contributed by atoms with E-state index in [1.54, 1.807) is 24.4 Å². The van der Waals surface area contributed by atoms with E-state index in [4.69, 9.17) is 0 Å². The van der Waals surface area contributed by atoms with Crippen molar-refractivity contribution < 1.29 is 13.2 Å². The highest BCUT2D eigenvalue weighted by molar-refractivity contribution is 7.99. The number of pyridine rings is 1. The predicted molar refractivity (Wildman–Crippen MR) is 122 cm³/mol. The van der Waals surface area contributed by atoms with Crippen LogP contribution in [-0.4, -0.2) is 29.3 Å². The Morgan fingerprint density at radius 3 is 2.19 bits per heavy atom. The molecule has 4 rings (SSSR count). The van der Waals surface area contributed by atoms with Crippen molar-refractivity contribution in [3.8, 4) is 0 Å². The van der Waals surface area contributed by atoms with Crippen LogP contribution in [0.1, 0.15) is 10.4 Å². The lowest BCUT2D eigenvalue weighted by Gasteiger charge is -2.10. The van der Waals surface area contributed by atoms with Crippen molar-refractivity contribution in [1.82, 2.24) is 15.0 Å². The molecule has 2 N–H and O–H groups in total. The molecule has 4 aromatic rings. The summed E-state index contributed by atoms with van der Waals surface area (Å²) >= 11 is 1.39. The third-order valence-electron chi connectivity index (χ3n) is 4.19. The largest absolute Gasteiger partial charge is 0.322 e. The molecule has 0 fully saturated rings. The molecule has 0 aliphatic rings. The fourth-order valence-electron chi connectivity index (χ4n) is 2.69. The Hall–Kier alpha value is -3.76. The van der Waals surface area contributed by atoms with Gasteiger partial charge in [0.1, 0.15) is 5.03 Å². The van der Waals surface area contributed by atoms with Crippen molar-refractivity contribution in [2.45, 2.75) is 14.8 Å². The molecule has 0 saturated heterocycles. The van der Waals surface area contributed by atoms with E-state index in [2.05, 4.69) is 25.0 Å². The molecule has 0 aliphatic heterocycles. The Labute approximate surface area is 189 Å². The quantitative estimate of drug-likeness (QED) is 0.424. The van der Waals surface area contributed by atoms with Crippen molar-refractivity contribution >= 4 is 39.3 Å². The fourth-order valence-corrected chi connectivity index (χ4v) is 4.55. The third-order valence-corrected chi connectivity index (χ3v) is 6.56. The summed E-state index contributed by atoms with van der Waals surface area (Å²) in [5.41, 5.74) is 0.866. The highest BCUT2D eigenvalue weighted by Crippen LogP contribution is 2.29. The summed E-state index contributed by atoms with van der Waals surface area (Å²) in [6.45, 7) is 0. The number of nitrogens with one attached hydrogen (secondary N) is 2. The summed E-state index contributed by atoms with van der Waals surface area (Å²) in [6, 6.07) is 20.4. The molecule has 0 unspecified atom stereocenters. The van der Waals surface area contributed by atoms with Crippen LogP contribution in [0.25, 0.3) is 0 Å². The van der Waals surface area contributed by atoms with E-state index < -0.39 is 10.0 Å². The Kier molecular flexibility index (Phi) is 6.43. The first kappa shape index (κ1) is 21.5. The number of aromatic nitrogens is 3. The molecule has 0 atom stereocenters. The Bertz CT molecular complexity index is 1320. The molecule has 0 saturated carbocycles. The molecule has 2 heterocycles. The monoisotopic (exact) mass is 463 g/mol. The van der Waals surface area contributed by atoms with Crippen LogP contribution in [0.5, 0.6) is 0 Å². The van der Waals surface area contributed by atoms with Gasteiger partial charge in [0, 0.05) is 29.2 Å². The molecule has 1 amide bonds. The van der Waals surface area contributed by atoms with Crippen LogP contribution in [0.4, 0.5) is 11.6 Å². The Morgan fingerprint density at radius 1 is 0.781 bits per heavy atom. The van der Waals surface area contributed by atoms with Gasteiger partial charge in [-0.25, -0.2) is 28.1 Å². The van der Waals surface area contributed by atoms with Crippen molar-refractivity contribution in [2.24, 2.45) is 0 Å². The predicted octanol–water partition coefficient (Wildman–Crippen LogP) is 4.08. The molecule has 0 spiro atoms. The van der Waals surface area contributed by atoms with Crippen LogP contribution in [0, 0.1) is 0 Å². The van der Waals surface area contributed by atoms with Crippen LogP contribution >= 0.6 is 11.8 Å². The van der Waals surface area contributed by atoms with E-state index in [1.807, 2.05) is 30.3 Å². The first-order valence-corrected chi connectivity index (χ1v) is 11.7. The minimum absolute atomic E-state index is 0.0182. The topological polar surface area (TPSA) is 114 Å². The number of carbonyl (C=O) groups is 1. The van der Waals surface area contributed by atoms with E-state index in [-0.39, 0.29) is 16.8 Å². The van der Waals surface area contributed by atoms with Gasteiger partial charge in [0.25, 0.3) is 15.9 Å². The van der Waals surface area contributed by atoms with Crippen molar-refractivity contribution in [3.05, 3.63) is 97.0 Å². The Balaban J connectivity index is 1.48. The summed E-state index contributed by atoms with van der Waals surface area (Å²) < 4.78 is 27.3. The van der Waals surface area contributed by atoms with Gasteiger partial charge < -0.3 is 5.32 Å². The van der Waals surface area contributed by atoms with Crippen LogP contribution in [0.15, 0.2) is 106 Å². The molecule has 32 heavy (non-hydrogen) atoms. The van der Waals surface area contributed by atoms with E-state index in [9.17, 15) is 13.2 Å². The van der Waals surface area contributed by atoms with E-state index >= 15 is 0 Å². The van der Waals surface area contributed by atoms with Gasteiger partial charge in [-0.15, -0.1) is 0 Å². The number of rotatable bonds is 7. The summed E-state index contributed by atoms with van der Waals surface area (Å²) in [7, 11) is -3.85. The molecular weight excluding hydrogens is 446 g/mol. The maximum atomic E-state index is 12.8. The van der Waals surface area contributed by atoms with Gasteiger partial charge in [0.15, 0.2) is 0 Å². The summed E-state index contributed by atoms with van der Waals surface area (Å²) in [6.07, 6.45) is 4.50. The second-order valence-electron chi connectivity index (χ2n) is 6.43. The van der Waals surface area contributed by atoms with Crippen molar-refractivity contribution in [2.75, 3.05) is 10.0 Å². The standard InChI is InChI=1S/C22H17N5O3S2/c28-20(19-8-4-13-23-21(19)31-17-6-2-1-3-7-17)26-16-9-11-18(12-10-16)32(29,30)27-22-24-14-5-15-25-22/h1-15H,(H,26,28)(H,24,25,27). The number of amides is 1. The number of sulfonamides is 1. The average Bonchev–Trinajstić information content (AvgIpc) is 2.81. The fraction of sp³-hybridized carbons (Fsp3) is 0. The third kappa shape index (κ3) is 5.29. The smallest absolute Gasteiger partial charge is 0.264 e. The first-order chi connectivity index (χ1) is 15.5. The van der Waals surface area contributed by atoms with Gasteiger partial charge in [-0.3, -0.25) is 4.79 Å². The number of benzene rings is 2. The van der Waals surface area contributed by atoms with Crippen LogP contribution in [-0.2, 0) is 10.0 Å². The molecule has 2 aromatic carbocycles. The second kappa shape index (κ2) is 9.58.